The van der Waals surface area contributed by atoms with Crippen LogP contribution in [-0.4, -0.2) is 0 Å². The number of nitrogens with two attached hydrogens (primary N) is 1. The third-order valence-corrected chi connectivity index (χ3v) is 3.73. The quantitative estimate of drug-likeness (QED) is 0.828. The van der Waals surface area contributed by atoms with Gasteiger partial charge in [-0.3, -0.25) is 0 Å². The van der Waals surface area contributed by atoms with Gasteiger partial charge in [0.1, 0.15) is 6.61 Å². The summed E-state index contributed by atoms with van der Waals surface area (Å²) < 4.78 is 7.63. The Morgan fingerprint density at radius 1 is 0.941 bits per heavy atom. The first kappa shape index (κ1) is 12.5. The zero-order valence-electron chi connectivity index (χ0n) is 8.99. The van der Waals surface area contributed by atoms with Crippen LogP contribution in [0.1, 0.15) is 5.56 Å². The van der Waals surface area contributed by atoms with Gasteiger partial charge in [-0.1, -0.05) is 40.2 Å². The fourth-order valence-electron chi connectivity index (χ4n) is 1.44. The normalized spacial score (nSPS) is 10.2. The Labute approximate surface area is 117 Å². The van der Waals surface area contributed by atoms with Crippen LogP contribution in [0.2, 0.25) is 0 Å². The maximum absolute atomic E-state index is 5.86. The molecule has 17 heavy (non-hydrogen) atoms. The number of benzene rings is 2. The summed E-state index contributed by atoms with van der Waals surface area (Å²) in [6.07, 6.45) is 0. The summed E-state index contributed by atoms with van der Waals surface area (Å²) >= 11 is 6.91. The van der Waals surface area contributed by atoms with Crippen LogP contribution in [0, 0.1) is 0 Å². The minimum Gasteiger partial charge on any atom is -0.486 e. The Balaban J connectivity index is 2.16. The maximum atomic E-state index is 5.86. The van der Waals surface area contributed by atoms with Crippen molar-refractivity contribution in [1.29, 1.82) is 0 Å². The lowest BCUT2D eigenvalue weighted by atomic mass is 10.2. The summed E-state index contributed by atoms with van der Waals surface area (Å²) in [6.45, 7) is 0.480. The minimum atomic E-state index is 0.480. The van der Waals surface area contributed by atoms with E-state index < -0.39 is 0 Å². The number of para-hydroxylation sites is 1. The molecule has 0 heterocycles. The van der Waals surface area contributed by atoms with E-state index in [4.69, 9.17) is 10.5 Å². The molecule has 4 heteroatoms. The molecule has 0 atom stereocenters. The monoisotopic (exact) mass is 355 g/mol. The summed E-state index contributed by atoms with van der Waals surface area (Å²) in [5.74, 6) is 0.684. The predicted molar refractivity (Wildman–Crippen MR) is 77.0 cm³/mol. The van der Waals surface area contributed by atoms with E-state index in [1.54, 1.807) is 0 Å². The van der Waals surface area contributed by atoms with Gasteiger partial charge in [0, 0.05) is 10.0 Å². The molecule has 0 saturated heterocycles. The summed E-state index contributed by atoms with van der Waals surface area (Å²) in [7, 11) is 0. The fourth-order valence-corrected chi connectivity index (χ4v) is 2.34. The molecule has 2 rings (SSSR count). The molecule has 0 fully saturated rings. The van der Waals surface area contributed by atoms with Crippen molar-refractivity contribution in [3.8, 4) is 5.75 Å². The highest BCUT2D eigenvalue weighted by molar-refractivity contribution is 9.10. The minimum absolute atomic E-state index is 0.480. The summed E-state index contributed by atoms with van der Waals surface area (Å²) in [5, 5.41) is 0. The van der Waals surface area contributed by atoms with E-state index in [2.05, 4.69) is 31.9 Å². The van der Waals surface area contributed by atoms with E-state index in [9.17, 15) is 0 Å². The molecule has 2 nitrogen and oxygen atoms in total. The van der Waals surface area contributed by atoms with Gasteiger partial charge in [-0.25, -0.2) is 0 Å². The van der Waals surface area contributed by atoms with Gasteiger partial charge in [-0.2, -0.15) is 0 Å². The van der Waals surface area contributed by atoms with E-state index >= 15 is 0 Å². The van der Waals surface area contributed by atoms with Crippen molar-refractivity contribution < 1.29 is 4.74 Å². The summed E-state index contributed by atoms with van der Waals surface area (Å²) in [4.78, 5) is 0. The number of halogens is 2. The van der Waals surface area contributed by atoms with Crippen molar-refractivity contribution in [1.82, 2.24) is 0 Å². The lowest BCUT2D eigenvalue weighted by Gasteiger charge is -2.11. The van der Waals surface area contributed by atoms with Gasteiger partial charge in [0.05, 0.1) is 10.2 Å². The molecular weight excluding hydrogens is 346 g/mol. The first-order valence-electron chi connectivity index (χ1n) is 5.08. The van der Waals surface area contributed by atoms with E-state index in [1.165, 1.54) is 0 Å². The average Bonchev–Trinajstić information content (AvgIpc) is 2.30. The van der Waals surface area contributed by atoms with Gasteiger partial charge in [0.15, 0.2) is 5.75 Å². The van der Waals surface area contributed by atoms with E-state index in [0.29, 0.717) is 18.0 Å². The fraction of sp³-hybridized carbons (Fsp3) is 0.0769. The van der Waals surface area contributed by atoms with Gasteiger partial charge < -0.3 is 10.5 Å². The standard InChI is InChI=1S/C13H11Br2NO/c14-10-5-2-1-4-9(10)8-17-13-11(15)6-3-7-12(13)16/h1-7H,8,16H2. The van der Waals surface area contributed by atoms with Crippen molar-refractivity contribution in [3.05, 3.63) is 57.0 Å². The van der Waals surface area contributed by atoms with E-state index in [-0.39, 0.29) is 0 Å². The van der Waals surface area contributed by atoms with Crippen LogP contribution in [0.5, 0.6) is 5.75 Å². The molecule has 0 aliphatic rings. The Kier molecular flexibility index (Phi) is 4.07. The molecule has 2 N–H and O–H groups in total. The number of hydrogen-bond donors (Lipinski definition) is 1. The van der Waals surface area contributed by atoms with Crippen LogP contribution < -0.4 is 10.5 Å². The van der Waals surface area contributed by atoms with Crippen molar-refractivity contribution >= 4 is 37.5 Å². The highest BCUT2D eigenvalue weighted by Crippen LogP contribution is 2.32. The molecule has 0 aliphatic heterocycles. The Morgan fingerprint density at radius 2 is 1.65 bits per heavy atom. The lowest BCUT2D eigenvalue weighted by Crippen LogP contribution is -2.00. The predicted octanol–water partition coefficient (Wildman–Crippen LogP) is 4.37. The molecule has 2 aromatic carbocycles. The van der Waals surface area contributed by atoms with Gasteiger partial charge in [0.2, 0.25) is 0 Å². The molecule has 2 aromatic rings. The topological polar surface area (TPSA) is 35.2 Å². The van der Waals surface area contributed by atoms with E-state index in [0.717, 1.165) is 14.5 Å². The lowest BCUT2D eigenvalue weighted by molar-refractivity contribution is 0.305. The van der Waals surface area contributed by atoms with Crippen molar-refractivity contribution in [3.63, 3.8) is 0 Å². The largest absolute Gasteiger partial charge is 0.486 e. The molecule has 0 spiro atoms. The number of ether oxygens (including phenoxy) is 1. The number of anilines is 1. The second kappa shape index (κ2) is 5.56. The van der Waals surface area contributed by atoms with Gasteiger partial charge in [0.25, 0.3) is 0 Å². The highest BCUT2D eigenvalue weighted by Gasteiger charge is 2.06. The molecular formula is C13H11Br2NO. The van der Waals surface area contributed by atoms with Gasteiger partial charge in [-0.15, -0.1) is 0 Å². The molecule has 88 valence electrons. The first-order valence-corrected chi connectivity index (χ1v) is 6.67. The molecule has 0 unspecified atom stereocenters. The van der Waals surface area contributed by atoms with Crippen LogP contribution in [0.4, 0.5) is 5.69 Å². The number of nitrogen functional groups attached to an aromatic ring is 1. The molecule has 0 radical (unpaired) electrons. The summed E-state index contributed by atoms with van der Waals surface area (Å²) in [5.41, 5.74) is 7.57. The smallest absolute Gasteiger partial charge is 0.156 e. The number of rotatable bonds is 3. The zero-order chi connectivity index (χ0) is 12.3. The van der Waals surface area contributed by atoms with Crippen LogP contribution in [0.25, 0.3) is 0 Å². The van der Waals surface area contributed by atoms with E-state index in [1.807, 2.05) is 42.5 Å². The molecule has 0 aromatic heterocycles. The van der Waals surface area contributed by atoms with Crippen LogP contribution in [-0.2, 0) is 6.61 Å². The summed E-state index contributed by atoms with van der Waals surface area (Å²) in [6, 6.07) is 13.6. The van der Waals surface area contributed by atoms with Gasteiger partial charge >= 0.3 is 0 Å². The zero-order valence-corrected chi connectivity index (χ0v) is 12.2. The van der Waals surface area contributed by atoms with Crippen molar-refractivity contribution in [2.45, 2.75) is 6.61 Å². The third kappa shape index (κ3) is 3.01. The highest BCUT2D eigenvalue weighted by atomic mass is 79.9. The molecule has 0 aliphatic carbocycles. The Hall–Kier alpha value is -1.00. The Morgan fingerprint density at radius 3 is 2.35 bits per heavy atom. The second-order valence-electron chi connectivity index (χ2n) is 3.54. The Bertz CT molecular complexity index is 508. The average molecular weight is 357 g/mol. The maximum Gasteiger partial charge on any atom is 0.156 e. The third-order valence-electron chi connectivity index (χ3n) is 2.33. The number of hydrogen-bond acceptors (Lipinski definition) is 2. The second-order valence-corrected chi connectivity index (χ2v) is 5.25. The first-order chi connectivity index (χ1) is 8.18. The van der Waals surface area contributed by atoms with Crippen molar-refractivity contribution in [2.24, 2.45) is 0 Å². The van der Waals surface area contributed by atoms with Crippen LogP contribution in [0.3, 0.4) is 0 Å². The van der Waals surface area contributed by atoms with Crippen molar-refractivity contribution in [2.75, 3.05) is 5.73 Å². The van der Waals surface area contributed by atoms with Crippen LogP contribution in [0.15, 0.2) is 51.4 Å². The molecule has 0 amide bonds. The molecule has 0 bridgehead atoms. The molecule has 0 saturated carbocycles. The van der Waals surface area contributed by atoms with Crippen LogP contribution >= 0.6 is 31.9 Å². The SMILES string of the molecule is Nc1cccc(Br)c1OCc1ccccc1Br. The van der Waals surface area contributed by atoms with Gasteiger partial charge in [-0.05, 0) is 34.1 Å².